The molecule has 0 radical (unpaired) electrons. The van der Waals surface area contributed by atoms with Gasteiger partial charge in [-0.15, -0.1) is 0 Å². The molecule has 7 heteroatoms. The molecule has 4 rings (SSSR count). The second-order valence-corrected chi connectivity index (χ2v) is 7.28. The number of nitrogens with zero attached hydrogens (tertiary/aromatic N) is 2. The summed E-state index contributed by atoms with van der Waals surface area (Å²) < 4.78 is 28.0. The monoisotopic (exact) mass is 418 g/mol. The number of fused-ring (bicyclic) bond motifs is 1. The average molecular weight is 418 g/mol. The molecule has 31 heavy (non-hydrogen) atoms. The number of benzene rings is 2. The fourth-order valence-electron chi connectivity index (χ4n) is 3.46. The smallest absolute Gasteiger partial charge is 0.197 e. The van der Waals surface area contributed by atoms with Gasteiger partial charge in [0.15, 0.2) is 17.4 Å². The highest BCUT2D eigenvalue weighted by Crippen LogP contribution is 2.30. The number of H-pyrrole nitrogens is 1. The molecular weight excluding hydrogens is 398 g/mol. The van der Waals surface area contributed by atoms with Crippen LogP contribution in [-0.2, 0) is 0 Å². The van der Waals surface area contributed by atoms with Gasteiger partial charge in [-0.1, -0.05) is 24.3 Å². The Morgan fingerprint density at radius 2 is 1.84 bits per heavy atom. The Labute approximate surface area is 177 Å². The van der Waals surface area contributed by atoms with Crippen molar-refractivity contribution in [2.75, 3.05) is 19.0 Å². The van der Waals surface area contributed by atoms with Gasteiger partial charge >= 0.3 is 0 Å². The molecule has 3 N–H and O–H groups in total. The van der Waals surface area contributed by atoms with E-state index in [0.29, 0.717) is 11.0 Å². The third-order valence-corrected chi connectivity index (χ3v) is 5.12. The highest BCUT2D eigenvalue weighted by molar-refractivity contribution is 6.32. The minimum Gasteiger partial charge on any atom is -0.404 e. The van der Waals surface area contributed by atoms with E-state index in [1.807, 2.05) is 49.3 Å². The fourth-order valence-corrected chi connectivity index (χ4v) is 3.46. The zero-order chi connectivity index (χ0) is 22.1. The zero-order valence-corrected chi connectivity index (χ0v) is 17.0. The van der Waals surface area contributed by atoms with Crippen LogP contribution in [0, 0.1) is 11.6 Å². The summed E-state index contributed by atoms with van der Waals surface area (Å²) in [6.45, 7) is 0. The van der Waals surface area contributed by atoms with E-state index in [0.717, 1.165) is 29.1 Å². The van der Waals surface area contributed by atoms with Crippen LogP contribution in [0.15, 0.2) is 67.1 Å². The summed E-state index contributed by atoms with van der Waals surface area (Å²) in [7, 11) is 3.91. The lowest BCUT2D eigenvalue weighted by Gasteiger charge is -2.13. The van der Waals surface area contributed by atoms with E-state index in [2.05, 4.69) is 9.97 Å². The molecule has 2 aromatic carbocycles. The van der Waals surface area contributed by atoms with Crippen LogP contribution >= 0.6 is 0 Å². The summed E-state index contributed by atoms with van der Waals surface area (Å²) in [5.74, 6) is -2.70. The summed E-state index contributed by atoms with van der Waals surface area (Å²) in [6, 6.07) is 13.4. The van der Waals surface area contributed by atoms with Gasteiger partial charge < -0.3 is 15.6 Å². The maximum absolute atomic E-state index is 14.3. The normalized spacial score (nSPS) is 11.7. The Kier molecular flexibility index (Phi) is 5.25. The number of carbonyl (C=O) groups is 1. The summed E-state index contributed by atoms with van der Waals surface area (Å²) in [5.41, 5.74) is 8.88. The van der Waals surface area contributed by atoms with Crippen LogP contribution < -0.4 is 10.6 Å². The number of aromatic amines is 1. The van der Waals surface area contributed by atoms with E-state index >= 15 is 0 Å². The molecule has 0 fully saturated rings. The van der Waals surface area contributed by atoms with E-state index in [1.165, 1.54) is 18.3 Å². The first kappa shape index (κ1) is 20.3. The van der Waals surface area contributed by atoms with Crippen molar-refractivity contribution in [1.29, 1.82) is 0 Å². The Balaban J connectivity index is 1.80. The van der Waals surface area contributed by atoms with Crippen molar-refractivity contribution in [1.82, 2.24) is 9.97 Å². The van der Waals surface area contributed by atoms with Gasteiger partial charge in [0, 0.05) is 66.0 Å². The molecule has 0 saturated carbocycles. The van der Waals surface area contributed by atoms with E-state index in [9.17, 15) is 13.6 Å². The number of nitrogens with two attached hydrogens (primary N) is 1. The molecular formula is C24H20F2N4O. The molecule has 0 atom stereocenters. The fraction of sp³-hybridized carbons (Fsp3) is 0.0833. The molecule has 2 heterocycles. The lowest BCUT2D eigenvalue weighted by atomic mass is 9.96. The van der Waals surface area contributed by atoms with E-state index in [1.54, 1.807) is 6.20 Å². The van der Waals surface area contributed by atoms with Crippen LogP contribution in [0.3, 0.4) is 0 Å². The van der Waals surface area contributed by atoms with Gasteiger partial charge in [0.05, 0.1) is 0 Å². The predicted octanol–water partition coefficient (Wildman–Crippen LogP) is 4.76. The first-order chi connectivity index (χ1) is 14.9. The van der Waals surface area contributed by atoms with Crippen LogP contribution in [0.5, 0.6) is 0 Å². The van der Waals surface area contributed by atoms with Crippen LogP contribution in [0.1, 0.15) is 15.9 Å². The minimum atomic E-state index is -1.12. The molecule has 156 valence electrons. The van der Waals surface area contributed by atoms with Crippen molar-refractivity contribution in [2.45, 2.75) is 0 Å². The zero-order valence-electron chi connectivity index (χ0n) is 17.0. The van der Waals surface area contributed by atoms with Gasteiger partial charge in [0.25, 0.3) is 0 Å². The topological polar surface area (TPSA) is 75.0 Å². The summed E-state index contributed by atoms with van der Waals surface area (Å²) in [5, 5.41) is 0.564. The number of hydrogen-bond donors (Lipinski definition) is 2. The molecule has 0 amide bonds. The van der Waals surface area contributed by atoms with E-state index in [4.69, 9.17) is 5.73 Å². The molecule has 4 aromatic rings. The Morgan fingerprint density at radius 1 is 1.06 bits per heavy atom. The van der Waals surface area contributed by atoms with Gasteiger partial charge in [-0.05, 0) is 29.8 Å². The molecule has 2 aromatic heterocycles. The summed E-state index contributed by atoms with van der Waals surface area (Å²) >= 11 is 0. The van der Waals surface area contributed by atoms with Crippen molar-refractivity contribution in [2.24, 2.45) is 5.73 Å². The summed E-state index contributed by atoms with van der Waals surface area (Å²) in [4.78, 5) is 22.6. The van der Waals surface area contributed by atoms with Gasteiger partial charge in [0.1, 0.15) is 5.65 Å². The maximum atomic E-state index is 14.3. The highest BCUT2D eigenvalue weighted by Gasteiger charge is 2.22. The average Bonchev–Trinajstić information content (AvgIpc) is 3.20. The number of allylic oxidation sites excluding steroid dienone is 1. The standard InChI is InChI=1S/C24H20F2N4O/c1-30(2)16-6-3-5-14(9-16)15-10-18-20(13-29-24(18)28-12-15)23(31)19(11-27)17-7-4-8-21(25)22(17)26/h3-13H,27H2,1-2H3,(H,28,29). The number of ketones is 1. The lowest BCUT2D eigenvalue weighted by Crippen LogP contribution is -2.08. The Morgan fingerprint density at radius 3 is 2.58 bits per heavy atom. The first-order valence-corrected chi connectivity index (χ1v) is 9.56. The molecule has 0 aliphatic heterocycles. The van der Waals surface area contributed by atoms with Crippen molar-refractivity contribution in [3.05, 3.63) is 89.9 Å². The second kappa shape index (κ2) is 8.02. The largest absolute Gasteiger partial charge is 0.404 e. The van der Waals surface area contributed by atoms with Gasteiger partial charge in [-0.2, -0.15) is 0 Å². The van der Waals surface area contributed by atoms with Crippen molar-refractivity contribution < 1.29 is 13.6 Å². The highest BCUT2D eigenvalue weighted by atomic mass is 19.2. The van der Waals surface area contributed by atoms with Crippen LogP contribution in [0.25, 0.3) is 27.7 Å². The van der Waals surface area contributed by atoms with Gasteiger partial charge in [-0.3, -0.25) is 4.79 Å². The number of aromatic nitrogens is 2. The van der Waals surface area contributed by atoms with E-state index < -0.39 is 17.4 Å². The number of rotatable bonds is 5. The van der Waals surface area contributed by atoms with Crippen molar-refractivity contribution in [3.63, 3.8) is 0 Å². The quantitative estimate of drug-likeness (QED) is 0.362. The SMILES string of the molecule is CN(C)c1cccc(-c2cnc3[nH]cc(C(=O)C(=CN)c4cccc(F)c4F)c3c2)c1. The number of anilines is 1. The molecule has 0 aliphatic carbocycles. The molecule has 5 nitrogen and oxygen atoms in total. The number of halogens is 2. The van der Waals surface area contributed by atoms with Crippen LogP contribution in [0.2, 0.25) is 0 Å². The first-order valence-electron chi connectivity index (χ1n) is 9.56. The third-order valence-electron chi connectivity index (χ3n) is 5.12. The molecule has 0 unspecified atom stereocenters. The number of nitrogens with one attached hydrogen (secondary N) is 1. The van der Waals surface area contributed by atoms with Crippen molar-refractivity contribution in [3.8, 4) is 11.1 Å². The molecule has 0 spiro atoms. The number of hydrogen-bond acceptors (Lipinski definition) is 4. The lowest BCUT2D eigenvalue weighted by molar-refractivity contribution is 0.105. The number of pyridine rings is 1. The predicted molar refractivity (Wildman–Crippen MR) is 119 cm³/mol. The van der Waals surface area contributed by atoms with Gasteiger partial charge in [0.2, 0.25) is 0 Å². The van der Waals surface area contributed by atoms with Crippen molar-refractivity contribution >= 4 is 28.1 Å². The second-order valence-electron chi connectivity index (χ2n) is 7.28. The minimum absolute atomic E-state index is 0.127. The maximum Gasteiger partial charge on any atom is 0.197 e. The van der Waals surface area contributed by atoms with E-state index in [-0.39, 0.29) is 16.7 Å². The molecule has 0 saturated heterocycles. The molecule has 0 aliphatic rings. The van der Waals surface area contributed by atoms with Crippen LogP contribution in [0.4, 0.5) is 14.5 Å². The Bertz CT molecular complexity index is 1320. The third kappa shape index (κ3) is 3.66. The van der Waals surface area contributed by atoms with Crippen LogP contribution in [-0.4, -0.2) is 29.8 Å². The Hall–Kier alpha value is -4.00. The number of carbonyl (C=O) groups excluding carboxylic acids is 1. The summed E-state index contributed by atoms with van der Waals surface area (Å²) in [6.07, 6.45) is 4.21. The number of Topliss-reactive ketones (excluding diaryl/α,β-unsaturated/α-hetero) is 1. The van der Waals surface area contributed by atoms with Gasteiger partial charge in [-0.25, -0.2) is 13.8 Å². The molecule has 0 bridgehead atoms.